The van der Waals surface area contributed by atoms with Crippen LogP contribution in [0.3, 0.4) is 0 Å². The van der Waals surface area contributed by atoms with Gasteiger partial charge in [0.05, 0.1) is 24.3 Å². The Labute approximate surface area is 215 Å². The number of carbonyl (C=O) groups is 2. The minimum absolute atomic E-state index is 0.0414. The lowest BCUT2D eigenvalue weighted by atomic mass is 9.96. The van der Waals surface area contributed by atoms with Crippen LogP contribution in [0.25, 0.3) is 16.9 Å². The lowest BCUT2D eigenvalue weighted by Crippen LogP contribution is -2.36. The van der Waals surface area contributed by atoms with Gasteiger partial charge in [-0.1, -0.05) is 92.8 Å². The van der Waals surface area contributed by atoms with Crippen molar-refractivity contribution in [2.75, 3.05) is 0 Å². The van der Waals surface area contributed by atoms with Crippen LogP contribution in [0.4, 0.5) is 0 Å². The highest BCUT2D eigenvalue weighted by molar-refractivity contribution is 6.00. The van der Waals surface area contributed by atoms with Gasteiger partial charge >= 0.3 is 0 Å². The van der Waals surface area contributed by atoms with Crippen LogP contribution < -0.4 is 5.56 Å². The van der Waals surface area contributed by atoms with Crippen LogP contribution >= 0.6 is 0 Å². The number of ketones is 1. The average Bonchev–Trinajstić information content (AvgIpc) is 3.50. The summed E-state index contributed by atoms with van der Waals surface area (Å²) in [4.78, 5) is 42.8. The molecule has 188 valence electrons. The summed E-state index contributed by atoms with van der Waals surface area (Å²) in [6.07, 6.45) is 7.68. The molecule has 1 aliphatic carbocycles. The second-order valence-electron chi connectivity index (χ2n) is 10.1. The summed E-state index contributed by atoms with van der Waals surface area (Å²) in [5, 5.41) is 4.63. The summed E-state index contributed by atoms with van der Waals surface area (Å²) in [6, 6.07) is 20.6. The third kappa shape index (κ3) is 4.28. The Bertz CT molecular complexity index is 1510. The normalized spacial score (nSPS) is 16.5. The summed E-state index contributed by atoms with van der Waals surface area (Å²) in [6.45, 7) is 0.230. The topological polar surface area (TPSA) is 76.7 Å². The predicted molar refractivity (Wildman–Crippen MR) is 142 cm³/mol. The first-order valence-electron chi connectivity index (χ1n) is 13.2. The third-order valence-electron chi connectivity index (χ3n) is 7.75. The monoisotopic (exact) mass is 494 g/mol. The maximum absolute atomic E-state index is 13.9. The molecule has 7 nitrogen and oxygen atoms in total. The van der Waals surface area contributed by atoms with Gasteiger partial charge in [-0.2, -0.15) is 9.61 Å². The standard InChI is InChI=1S/C30H30N4O3/c35-26(22-14-8-5-9-15-22)20-33-27-18-25(21-12-6-4-7-13-21)31-34(27)29(36)24-19-32(30(37)28(24)33)23-16-10-2-1-3-11-17-23/h4-9,12-15,18,23H,1-3,10-11,16-17,19-20H2. The molecule has 2 aromatic carbocycles. The minimum Gasteiger partial charge on any atom is -0.330 e. The molecule has 37 heavy (non-hydrogen) atoms. The van der Waals surface area contributed by atoms with Gasteiger partial charge in [-0.3, -0.25) is 14.4 Å². The molecule has 0 spiro atoms. The van der Waals surface area contributed by atoms with E-state index in [4.69, 9.17) is 0 Å². The zero-order chi connectivity index (χ0) is 25.4. The molecule has 6 rings (SSSR count). The largest absolute Gasteiger partial charge is 0.330 e. The van der Waals surface area contributed by atoms with Gasteiger partial charge in [0, 0.05) is 23.2 Å². The van der Waals surface area contributed by atoms with Crippen molar-refractivity contribution in [1.82, 2.24) is 19.1 Å². The van der Waals surface area contributed by atoms with E-state index in [9.17, 15) is 14.4 Å². The van der Waals surface area contributed by atoms with Crippen LogP contribution in [0.2, 0.25) is 0 Å². The van der Waals surface area contributed by atoms with Crippen molar-refractivity contribution in [2.24, 2.45) is 0 Å². The molecule has 4 aromatic rings. The highest BCUT2D eigenvalue weighted by atomic mass is 16.2. The first-order valence-corrected chi connectivity index (χ1v) is 13.2. The van der Waals surface area contributed by atoms with E-state index in [1.807, 2.05) is 53.4 Å². The Kier molecular flexibility index (Phi) is 6.20. The molecule has 0 bridgehead atoms. The molecule has 1 amide bonds. The fourth-order valence-corrected chi connectivity index (χ4v) is 5.79. The van der Waals surface area contributed by atoms with Gasteiger partial charge < -0.3 is 9.47 Å². The maximum Gasteiger partial charge on any atom is 0.280 e. The molecule has 1 fully saturated rings. The smallest absolute Gasteiger partial charge is 0.280 e. The number of rotatable bonds is 5. The van der Waals surface area contributed by atoms with E-state index in [1.54, 1.807) is 22.8 Å². The van der Waals surface area contributed by atoms with Gasteiger partial charge in [-0.25, -0.2) is 0 Å². The molecule has 1 saturated carbocycles. The molecule has 0 radical (unpaired) electrons. The van der Waals surface area contributed by atoms with Gasteiger partial charge in [-0.15, -0.1) is 0 Å². The fraction of sp³-hybridized carbons (Fsp3) is 0.333. The van der Waals surface area contributed by atoms with E-state index in [1.165, 1.54) is 23.8 Å². The van der Waals surface area contributed by atoms with Crippen LogP contribution in [0.5, 0.6) is 0 Å². The molecule has 0 atom stereocenters. The molecule has 3 heterocycles. The molecule has 1 aliphatic heterocycles. The van der Waals surface area contributed by atoms with Crippen LogP contribution in [0, 0.1) is 0 Å². The second-order valence-corrected chi connectivity index (χ2v) is 10.1. The fourth-order valence-electron chi connectivity index (χ4n) is 5.79. The summed E-state index contributed by atoms with van der Waals surface area (Å²) >= 11 is 0. The Morgan fingerprint density at radius 1 is 0.865 bits per heavy atom. The number of fused-ring (bicyclic) bond motifs is 2. The van der Waals surface area contributed by atoms with Crippen molar-refractivity contribution in [3.8, 4) is 11.3 Å². The molecule has 0 N–H and O–H groups in total. The first kappa shape index (κ1) is 23.4. The Hall–Kier alpha value is -4.00. The van der Waals surface area contributed by atoms with Gasteiger partial charge in [-0.05, 0) is 12.8 Å². The highest BCUT2D eigenvalue weighted by Crippen LogP contribution is 2.30. The summed E-state index contributed by atoms with van der Waals surface area (Å²) in [7, 11) is 0. The van der Waals surface area contributed by atoms with Crippen LogP contribution in [-0.2, 0) is 13.1 Å². The van der Waals surface area contributed by atoms with Crippen molar-refractivity contribution in [2.45, 2.75) is 64.1 Å². The number of carbonyl (C=O) groups excluding carboxylic acids is 2. The zero-order valence-corrected chi connectivity index (χ0v) is 20.8. The summed E-state index contributed by atoms with van der Waals surface area (Å²) in [5.74, 6) is -0.267. The van der Waals surface area contributed by atoms with E-state index in [0.717, 1.165) is 31.2 Å². The Balaban J connectivity index is 1.48. The van der Waals surface area contributed by atoms with Gasteiger partial charge in [0.2, 0.25) is 0 Å². The third-order valence-corrected chi connectivity index (χ3v) is 7.75. The van der Waals surface area contributed by atoms with Crippen molar-refractivity contribution >= 4 is 17.3 Å². The number of benzene rings is 2. The molecule has 0 saturated heterocycles. The molecule has 2 aromatic heterocycles. The number of hydrogen-bond acceptors (Lipinski definition) is 4. The van der Waals surface area contributed by atoms with Gasteiger partial charge in [0.1, 0.15) is 11.3 Å². The summed E-state index contributed by atoms with van der Waals surface area (Å²) in [5.41, 5.74) is 3.02. The van der Waals surface area contributed by atoms with E-state index in [0.29, 0.717) is 28.2 Å². The molecule has 2 aliphatic rings. The number of nitrogens with zero attached hydrogens (tertiary/aromatic N) is 4. The number of aromatic nitrogens is 3. The van der Waals surface area contributed by atoms with E-state index < -0.39 is 0 Å². The van der Waals surface area contributed by atoms with Crippen LogP contribution in [0.1, 0.15) is 71.4 Å². The number of Topliss-reactive ketones (excluding diaryl/α,β-unsaturated/α-hetero) is 1. The molecule has 0 unspecified atom stereocenters. The van der Waals surface area contributed by atoms with E-state index in [-0.39, 0.29) is 36.4 Å². The lowest BCUT2D eigenvalue weighted by Gasteiger charge is -2.29. The minimum atomic E-state index is -0.280. The highest BCUT2D eigenvalue weighted by Gasteiger charge is 2.38. The number of amides is 1. The van der Waals surface area contributed by atoms with Crippen LogP contribution in [0.15, 0.2) is 71.5 Å². The van der Waals surface area contributed by atoms with Crippen molar-refractivity contribution in [3.05, 3.63) is 93.9 Å². The van der Waals surface area contributed by atoms with Crippen molar-refractivity contribution < 1.29 is 9.59 Å². The van der Waals surface area contributed by atoms with Gasteiger partial charge in [0.15, 0.2) is 5.78 Å². The number of hydrogen-bond donors (Lipinski definition) is 0. The Morgan fingerprint density at radius 3 is 2.22 bits per heavy atom. The molecular formula is C30H30N4O3. The zero-order valence-electron chi connectivity index (χ0n) is 20.8. The quantitative estimate of drug-likeness (QED) is 0.361. The molecular weight excluding hydrogens is 464 g/mol. The SMILES string of the molecule is O=C(Cn1c2c(c(=O)n3nc(-c4ccccc4)cc13)CN(C1CCCCCCC1)C2=O)c1ccccc1. The molecule has 7 heteroatoms. The van der Waals surface area contributed by atoms with Crippen molar-refractivity contribution in [1.29, 1.82) is 0 Å². The van der Waals surface area contributed by atoms with E-state index in [2.05, 4.69) is 5.10 Å². The van der Waals surface area contributed by atoms with Crippen LogP contribution in [-0.4, -0.2) is 36.8 Å². The maximum atomic E-state index is 13.9. The van der Waals surface area contributed by atoms with Crippen molar-refractivity contribution in [3.63, 3.8) is 0 Å². The lowest BCUT2D eigenvalue weighted by molar-refractivity contribution is 0.0665. The predicted octanol–water partition coefficient (Wildman–Crippen LogP) is 5.11. The second kappa shape index (κ2) is 9.81. The summed E-state index contributed by atoms with van der Waals surface area (Å²) < 4.78 is 3.09. The Morgan fingerprint density at radius 2 is 1.51 bits per heavy atom. The first-order chi connectivity index (χ1) is 18.1. The average molecular weight is 495 g/mol. The van der Waals surface area contributed by atoms with E-state index >= 15 is 0 Å². The van der Waals surface area contributed by atoms with Gasteiger partial charge in [0.25, 0.3) is 11.5 Å².